The molecule has 28 heavy (non-hydrogen) atoms. The molecule has 1 aromatic rings. The van der Waals surface area contributed by atoms with E-state index in [4.69, 9.17) is 15.2 Å². The van der Waals surface area contributed by atoms with E-state index in [9.17, 15) is 9.59 Å². The van der Waals surface area contributed by atoms with Gasteiger partial charge in [-0.15, -0.1) is 0 Å². The fourth-order valence-corrected chi connectivity index (χ4v) is 3.72. The fourth-order valence-electron chi connectivity index (χ4n) is 3.72. The van der Waals surface area contributed by atoms with Crippen molar-refractivity contribution in [2.75, 3.05) is 20.2 Å². The Morgan fingerprint density at radius 1 is 1.25 bits per heavy atom. The summed E-state index contributed by atoms with van der Waals surface area (Å²) >= 11 is 0. The molecule has 0 radical (unpaired) electrons. The molecule has 0 bridgehead atoms. The van der Waals surface area contributed by atoms with Crippen LogP contribution in [0.5, 0.6) is 5.75 Å². The van der Waals surface area contributed by atoms with Crippen molar-refractivity contribution in [1.82, 2.24) is 0 Å². The molecule has 3 atom stereocenters. The average Bonchev–Trinajstić information content (AvgIpc) is 2.67. The van der Waals surface area contributed by atoms with E-state index in [0.717, 1.165) is 19.3 Å². The number of benzene rings is 1. The van der Waals surface area contributed by atoms with E-state index in [-0.39, 0.29) is 28.6 Å². The second kappa shape index (κ2) is 9.05. The first kappa shape index (κ1) is 22.4. The maximum absolute atomic E-state index is 13.7. The third-order valence-electron chi connectivity index (χ3n) is 5.55. The highest BCUT2D eigenvalue weighted by atomic mass is 16.5. The molecule has 0 aromatic heterocycles. The van der Waals surface area contributed by atoms with Crippen LogP contribution in [-0.2, 0) is 9.53 Å². The lowest BCUT2D eigenvalue weighted by Crippen LogP contribution is -2.67. The molecule has 1 aliphatic heterocycles. The summed E-state index contributed by atoms with van der Waals surface area (Å²) in [6.07, 6.45) is 2.62. The van der Waals surface area contributed by atoms with Crippen molar-refractivity contribution in [3.63, 3.8) is 0 Å². The van der Waals surface area contributed by atoms with Crippen LogP contribution in [0, 0.1) is 5.41 Å². The zero-order valence-corrected chi connectivity index (χ0v) is 17.9. The van der Waals surface area contributed by atoms with Crippen molar-refractivity contribution in [3.05, 3.63) is 29.8 Å². The van der Waals surface area contributed by atoms with Crippen LogP contribution in [0.2, 0.25) is 0 Å². The smallest absolute Gasteiger partial charge is 0.351 e. The van der Waals surface area contributed by atoms with E-state index < -0.39 is 5.41 Å². The Morgan fingerprint density at radius 2 is 1.93 bits per heavy atom. The second-order valence-corrected chi connectivity index (χ2v) is 8.69. The monoisotopic (exact) mass is 391 g/mol. The minimum Gasteiger partial charge on any atom is -0.496 e. The van der Waals surface area contributed by atoms with Crippen LogP contribution in [0.15, 0.2) is 24.3 Å². The standard InChI is InChI=1S/C22H35N2O4/c1-6-16(28-21(26)22(2,3)4)15-24(14-10-9-13-19(24)23)20(25)17-11-7-8-12-18(17)27-5/h7-8,11-12,16,19H,6,9-10,13-15,23H2,1-5H3/q+1. The van der Waals surface area contributed by atoms with Gasteiger partial charge in [-0.1, -0.05) is 19.1 Å². The first-order valence-corrected chi connectivity index (χ1v) is 10.2. The van der Waals surface area contributed by atoms with Crippen LogP contribution in [0.25, 0.3) is 0 Å². The molecular weight excluding hydrogens is 356 g/mol. The van der Waals surface area contributed by atoms with Gasteiger partial charge < -0.3 is 9.47 Å². The summed E-state index contributed by atoms with van der Waals surface area (Å²) in [4.78, 5) is 26.2. The third-order valence-corrected chi connectivity index (χ3v) is 5.55. The Balaban J connectivity index is 2.38. The van der Waals surface area contributed by atoms with E-state index in [1.165, 1.54) is 0 Å². The van der Waals surface area contributed by atoms with Gasteiger partial charge in [0.1, 0.15) is 24.0 Å². The normalized spacial score (nSPS) is 23.7. The lowest BCUT2D eigenvalue weighted by Gasteiger charge is -2.45. The number of ether oxygens (including phenoxy) is 2. The largest absolute Gasteiger partial charge is 0.496 e. The number of esters is 1. The lowest BCUT2D eigenvalue weighted by atomic mass is 9.97. The molecule has 1 heterocycles. The molecule has 0 saturated carbocycles. The molecule has 1 aliphatic rings. The van der Waals surface area contributed by atoms with Gasteiger partial charge >= 0.3 is 11.9 Å². The molecule has 0 spiro atoms. The van der Waals surface area contributed by atoms with Gasteiger partial charge in [-0.2, -0.15) is 0 Å². The maximum Gasteiger partial charge on any atom is 0.351 e. The molecule has 3 unspecified atom stereocenters. The summed E-state index contributed by atoms with van der Waals surface area (Å²) in [7, 11) is 1.56. The number of carbonyl (C=O) groups is 2. The van der Waals surface area contributed by atoms with E-state index in [0.29, 0.717) is 30.8 Å². The van der Waals surface area contributed by atoms with E-state index in [1.54, 1.807) is 19.2 Å². The maximum atomic E-state index is 13.7. The van der Waals surface area contributed by atoms with Gasteiger partial charge in [0.05, 0.1) is 19.1 Å². The third kappa shape index (κ3) is 4.73. The number of quaternary nitrogens is 1. The summed E-state index contributed by atoms with van der Waals surface area (Å²) in [5.41, 5.74) is 6.47. The number of nitrogens with zero attached hydrogens (tertiary/aromatic N) is 1. The Bertz CT molecular complexity index is 698. The summed E-state index contributed by atoms with van der Waals surface area (Å²) in [6, 6.07) is 7.25. The van der Waals surface area contributed by atoms with Crippen molar-refractivity contribution in [2.45, 2.75) is 65.6 Å². The predicted octanol–water partition coefficient (Wildman–Crippen LogP) is 3.49. The van der Waals surface area contributed by atoms with Crippen molar-refractivity contribution >= 4 is 11.9 Å². The topological polar surface area (TPSA) is 78.6 Å². The molecule has 1 saturated heterocycles. The molecular formula is C22H35N2O4+. The number of nitrogens with two attached hydrogens (primary N) is 1. The molecule has 156 valence electrons. The first-order chi connectivity index (χ1) is 13.2. The molecule has 1 aromatic carbocycles. The van der Waals surface area contributed by atoms with Gasteiger partial charge in [-0.3, -0.25) is 10.5 Å². The number of carbonyl (C=O) groups excluding carboxylic acids is 2. The molecule has 2 rings (SSSR count). The molecule has 1 fully saturated rings. The number of rotatable bonds is 6. The summed E-state index contributed by atoms with van der Waals surface area (Å²) < 4.78 is 11.3. The number of hydrogen-bond donors (Lipinski definition) is 1. The first-order valence-electron chi connectivity index (χ1n) is 10.2. The van der Waals surface area contributed by atoms with Gasteiger partial charge in [0.2, 0.25) is 0 Å². The number of hydrogen-bond acceptors (Lipinski definition) is 5. The number of likely N-dealkylation sites (tertiary alicyclic amines) is 1. The summed E-state index contributed by atoms with van der Waals surface area (Å²) in [5.74, 6) is 0.227. The summed E-state index contributed by atoms with van der Waals surface area (Å²) in [5, 5.41) is 0. The molecule has 6 heteroatoms. The van der Waals surface area contributed by atoms with Gasteiger partial charge in [-0.05, 0) is 52.2 Å². The van der Waals surface area contributed by atoms with Crippen LogP contribution < -0.4 is 10.5 Å². The van der Waals surface area contributed by atoms with Crippen LogP contribution in [0.1, 0.15) is 63.7 Å². The molecule has 1 amide bonds. The highest BCUT2D eigenvalue weighted by Gasteiger charge is 2.47. The van der Waals surface area contributed by atoms with Gasteiger partial charge in [0, 0.05) is 6.42 Å². The predicted molar refractivity (Wildman–Crippen MR) is 109 cm³/mol. The van der Waals surface area contributed by atoms with Gasteiger partial charge in [-0.25, -0.2) is 9.28 Å². The Labute approximate surface area is 168 Å². The number of amides is 1. The summed E-state index contributed by atoms with van der Waals surface area (Å²) in [6.45, 7) is 8.50. The number of para-hydroxylation sites is 1. The SMILES string of the molecule is CCC(C[N+]1(C(=O)c2ccccc2OC)CCCCC1N)OC(=O)C(C)(C)C. The van der Waals surface area contributed by atoms with Crippen molar-refractivity contribution in [2.24, 2.45) is 11.1 Å². The molecule has 2 N–H and O–H groups in total. The quantitative estimate of drug-likeness (QED) is 0.593. The zero-order chi connectivity index (χ0) is 20.9. The van der Waals surface area contributed by atoms with Crippen LogP contribution >= 0.6 is 0 Å². The van der Waals surface area contributed by atoms with Crippen molar-refractivity contribution in [3.8, 4) is 5.75 Å². The minimum atomic E-state index is -0.588. The Kier molecular flexibility index (Phi) is 7.23. The van der Waals surface area contributed by atoms with Gasteiger partial charge in [0.15, 0.2) is 6.10 Å². The zero-order valence-electron chi connectivity index (χ0n) is 17.9. The van der Waals surface area contributed by atoms with E-state index in [1.807, 2.05) is 39.8 Å². The second-order valence-electron chi connectivity index (χ2n) is 8.69. The van der Waals surface area contributed by atoms with E-state index >= 15 is 0 Å². The number of methoxy groups -OCH3 is 1. The minimum absolute atomic E-state index is 0.0603. The molecule has 0 aliphatic carbocycles. The van der Waals surface area contributed by atoms with Crippen LogP contribution in [-0.4, -0.2) is 48.8 Å². The fraction of sp³-hybridized carbons (Fsp3) is 0.636. The van der Waals surface area contributed by atoms with Gasteiger partial charge in [0.25, 0.3) is 0 Å². The number of piperidine rings is 1. The highest BCUT2D eigenvalue weighted by molar-refractivity contribution is 5.92. The molecule has 6 nitrogen and oxygen atoms in total. The average molecular weight is 392 g/mol. The van der Waals surface area contributed by atoms with E-state index in [2.05, 4.69) is 0 Å². The van der Waals surface area contributed by atoms with Crippen molar-refractivity contribution in [1.29, 1.82) is 0 Å². The van der Waals surface area contributed by atoms with Crippen molar-refractivity contribution < 1.29 is 23.5 Å². The van der Waals surface area contributed by atoms with Crippen LogP contribution in [0.3, 0.4) is 0 Å². The van der Waals surface area contributed by atoms with Crippen LogP contribution in [0.4, 0.5) is 0 Å². The lowest BCUT2D eigenvalue weighted by molar-refractivity contribution is -0.882. The Hall–Kier alpha value is -1.92. The Morgan fingerprint density at radius 3 is 2.50 bits per heavy atom. The highest BCUT2D eigenvalue weighted by Crippen LogP contribution is 2.31.